The van der Waals surface area contributed by atoms with E-state index in [1.165, 1.54) is 17.7 Å². The molecule has 0 amide bonds. The fourth-order valence-electron chi connectivity index (χ4n) is 1.66. The largest absolute Gasteiger partial charge is 0.320 e. The van der Waals surface area contributed by atoms with Gasteiger partial charge in [-0.15, -0.1) is 0 Å². The number of rotatable bonds is 5. The molecule has 1 unspecified atom stereocenters. The summed E-state index contributed by atoms with van der Waals surface area (Å²) in [5.41, 5.74) is 1.24. The van der Waals surface area contributed by atoms with E-state index >= 15 is 0 Å². The lowest BCUT2D eigenvalue weighted by atomic mass is 9.93. The van der Waals surface area contributed by atoms with Gasteiger partial charge in [0.1, 0.15) is 5.82 Å². The number of benzene rings is 1. The third-order valence-electron chi connectivity index (χ3n) is 2.58. The zero-order chi connectivity index (χ0) is 10.4. The minimum atomic E-state index is -0.155. The third kappa shape index (κ3) is 3.11. The molecule has 0 aromatic heterocycles. The Morgan fingerprint density at radius 3 is 2.43 bits per heavy atom. The van der Waals surface area contributed by atoms with E-state index in [9.17, 15) is 4.39 Å². The van der Waals surface area contributed by atoms with Crippen molar-refractivity contribution in [3.05, 3.63) is 35.6 Å². The molecule has 0 spiro atoms. The van der Waals surface area contributed by atoms with Crippen LogP contribution in [0.15, 0.2) is 24.3 Å². The summed E-state index contributed by atoms with van der Waals surface area (Å²) in [6.07, 6.45) is 2.21. The van der Waals surface area contributed by atoms with E-state index in [0.717, 1.165) is 19.4 Å². The lowest BCUT2D eigenvalue weighted by Crippen LogP contribution is -2.11. The monoisotopic (exact) mass is 195 g/mol. The highest BCUT2D eigenvalue weighted by atomic mass is 19.1. The maximum absolute atomic E-state index is 12.7. The first-order valence-corrected chi connectivity index (χ1v) is 5.18. The van der Waals surface area contributed by atoms with Crippen molar-refractivity contribution in [1.29, 1.82) is 0 Å². The normalized spacial score (nSPS) is 12.8. The van der Waals surface area contributed by atoms with Crippen molar-refractivity contribution in [2.24, 2.45) is 0 Å². The number of nitrogens with one attached hydrogen (secondary N) is 1. The van der Waals surface area contributed by atoms with Crippen molar-refractivity contribution < 1.29 is 4.39 Å². The van der Waals surface area contributed by atoms with Crippen molar-refractivity contribution in [3.63, 3.8) is 0 Å². The molecular weight excluding hydrogens is 177 g/mol. The Morgan fingerprint density at radius 2 is 1.93 bits per heavy atom. The van der Waals surface area contributed by atoms with Crippen LogP contribution < -0.4 is 5.32 Å². The molecule has 1 rings (SSSR count). The Morgan fingerprint density at radius 1 is 1.29 bits per heavy atom. The molecule has 78 valence electrons. The average Bonchev–Trinajstić information content (AvgIpc) is 2.21. The lowest BCUT2D eigenvalue weighted by Gasteiger charge is -2.14. The molecule has 14 heavy (non-hydrogen) atoms. The average molecular weight is 195 g/mol. The summed E-state index contributed by atoms with van der Waals surface area (Å²) in [5.74, 6) is 0.389. The number of hydrogen-bond donors (Lipinski definition) is 1. The van der Waals surface area contributed by atoms with E-state index in [2.05, 4.69) is 12.2 Å². The standard InChI is InChI=1S/C12H18FN/c1-3-10(8-9-14-2)11-4-6-12(13)7-5-11/h4-7,10,14H,3,8-9H2,1-2H3. The Bertz CT molecular complexity index is 256. The summed E-state index contributed by atoms with van der Waals surface area (Å²) in [7, 11) is 1.96. The fraction of sp³-hybridized carbons (Fsp3) is 0.500. The summed E-state index contributed by atoms with van der Waals surface area (Å²) in [6.45, 7) is 3.18. The molecule has 1 N–H and O–H groups in total. The highest BCUT2D eigenvalue weighted by Crippen LogP contribution is 2.22. The minimum absolute atomic E-state index is 0.155. The van der Waals surface area contributed by atoms with Gasteiger partial charge in [0.25, 0.3) is 0 Å². The molecule has 1 aromatic rings. The Labute approximate surface area is 85.3 Å². The van der Waals surface area contributed by atoms with E-state index in [1.807, 2.05) is 19.2 Å². The lowest BCUT2D eigenvalue weighted by molar-refractivity contribution is 0.577. The van der Waals surface area contributed by atoms with Crippen LogP contribution in [0.4, 0.5) is 4.39 Å². The quantitative estimate of drug-likeness (QED) is 0.761. The first kappa shape index (κ1) is 11.2. The Kier molecular flexibility index (Phi) is 4.60. The van der Waals surface area contributed by atoms with Gasteiger partial charge < -0.3 is 5.32 Å². The second-order valence-electron chi connectivity index (χ2n) is 3.55. The highest BCUT2D eigenvalue weighted by Gasteiger charge is 2.08. The molecule has 0 aliphatic carbocycles. The van der Waals surface area contributed by atoms with Gasteiger partial charge in [0.05, 0.1) is 0 Å². The molecule has 0 aliphatic rings. The highest BCUT2D eigenvalue weighted by molar-refractivity contribution is 5.20. The van der Waals surface area contributed by atoms with Crippen LogP contribution in [0.3, 0.4) is 0 Å². The molecule has 1 atom stereocenters. The molecule has 0 aliphatic heterocycles. The summed E-state index contributed by atoms with van der Waals surface area (Å²) < 4.78 is 12.7. The number of halogens is 1. The second kappa shape index (κ2) is 5.76. The van der Waals surface area contributed by atoms with E-state index in [1.54, 1.807) is 0 Å². The topological polar surface area (TPSA) is 12.0 Å². The van der Waals surface area contributed by atoms with E-state index in [-0.39, 0.29) is 5.82 Å². The van der Waals surface area contributed by atoms with Gasteiger partial charge in [-0.05, 0) is 50.0 Å². The van der Waals surface area contributed by atoms with Crippen LogP contribution in [0.1, 0.15) is 31.2 Å². The van der Waals surface area contributed by atoms with Crippen LogP contribution >= 0.6 is 0 Å². The molecule has 1 aromatic carbocycles. The van der Waals surface area contributed by atoms with Gasteiger partial charge in [0.2, 0.25) is 0 Å². The second-order valence-corrected chi connectivity index (χ2v) is 3.55. The molecule has 0 fully saturated rings. The summed E-state index contributed by atoms with van der Waals surface area (Å²) in [5, 5.41) is 3.14. The molecule has 0 bridgehead atoms. The van der Waals surface area contributed by atoms with Crippen LogP contribution in [0.25, 0.3) is 0 Å². The summed E-state index contributed by atoms with van der Waals surface area (Å²) in [6, 6.07) is 6.85. The van der Waals surface area contributed by atoms with E-state index < -0.39 is 0 Å². The van der Waals surface area contributed by atoms with Crippen LogP contribution in [-0.4, -0.2) is 13.6 Å². The SMILES string of the molecule is CCC(CCNC)c1ccc(F)cc1. The van der Waals surface area contributed by atoms with Crippen LogP contribution in [0.5, 0.6) is 0 Å². The van der Waals surface area contributed by atoms with E-state index in [0.29, 0.717) is 5.92 Å². The van der Waals surface area contributed by atoms with E-state index in [4.69, 9.17) is 0 Å². The van der Waals surface area contributed by atoms with Crippen LogP contribution in [0.2, 0.25) is 0 Å². The van der Waals surface area contributed by atoms with Crippen LogP contribution in [0, 0.1) is 5.82 Å². The van der Waals surface area contributed by atoms with Gasteiger partial charge in [0.15, 0.2) is 0 Å². The molecule has 0 radical (unpaired) electrons. The Hall–Kier alpha value is -0.890. The summed E-state index contributed by atoms with van der Waals surface area (Å²) >= 11 is 0. The predicted octanol–water partition coefficient (Wildman–Crippen LogP) is 2.93. The smallest absolute Gasteiger partial charge is 0.123 e. The zero-order valence-electron chi connectivity index (χ0n) is 8.89. The number of hydrogen-bond acceptors (Lipinski definition) is 1. The van der Waals surface area contributed by atoms with Crippen molar-refractivity contribution in [2.45, 2.75) is 25.7 Å². The molecule has 0 saturated heterocycles. The Balaban J connectivity index is 2.64. The predicted molar refractivity (Wildman–Crippen MR) is 58.0 cm³/mol. The van der Waals surface area contributed by atoms with Crippen molar-refractivity contribution in [1.82, 2.24) is 5.32 Å². The van der Waals surface area contributed by atoms with Crippen molar-refractivity contribution >= 4 is 0 Å². The fourth-order valence-corrected chi connectivity index (χ4v) is 1.66. The molecule has 1 nitrogen and oxygen atoms in total. The van der Waals surface area contributed by atoms with Gasteiger partial charge in [-0.3, -0.25) is 0 Å². The van der Waals surface area contributed by atoms with Gasteiger partial charge in [-0.2, -0.15) is 0 Å². The molecule has 0 saturated carbocycles. The maximum Gasteiger partial charge on any atom is 0.123 e. The first-order chi connectivity index (χ1) is 6.77. The summed E-state index contributed by atoms with van der Waals surface area (Å²) in [4.78, 5) is 0. The zero-order valence-corrected chi connectivity index (χ0v) is 8.89. The van der Waals surface area contributed by atoms with Gasteiger partial charge in [0, 0.05) is 0 Å². The third-order valence-corrected chi connectivity index (χ3v) is 2.58. The van der Waals surface area contributed by atoms with Crippen molar-refractivity contribution in [2.75, 3.05) is 13.6 Å². The van der Waals surface area contributed by atoms with Gasteiger partial charge in [-0.1, -0.05) is 19.1 Å². The maximum atomic E-state index is 12.7. The molecule has 2 heteroatoms. The van der Waals surface area contributed by atoms with Gasteiger partial charge in [-0.25, -0.2) is 4.39 Å². The first-order valence-electron chi connectivity index (χ1n) is 5.18. The van der Waals surface area contributed by atoms with Crippen molar-refractivity contribution in [3.8, 4) is 0 Å². The van der Waals surface area contributed by atoms with Crippen LogP contribution in [-0.2, 0) is 0 Å². The van der Waals surface area contributed by atoms with Gasteiger partial charge >= 0.3 is 0 Å². The molecular formula is C12H18FN. The minimum Gasteiger partial charge on any atom is -0.320 e. The molecule has 0 heterocycles.